The van der Waals surface area contributed by atoms with E-state index in [0.717, 1.165) is 24.3 Å². The summed E-state index contributed by atoms with van der Waals surface area (Å²) in [5, 5.41) is 50.0. The summed E-state index contributed by atoms with van der Waals surface area (Å²) < 4.78 is 68.1. The maximum atomic E-state index is 10.8. The van der Waals surface area contributed by atoms with Gasteiger partial charge in [0.2, 0.25) is 0 Å². The van der Waals surface area contributed by atoms with Gasteiger partial charge in [-0.25, -0.2) is 16.8 Å². The van der Waals surface area contributed by atoms with Gasteiger partial charge in [0.1, 0.15) is 25.1 Å². The molecule has 4 N–H and O–H groups in total. The van der Waals surface area contributed by atoms with Crippen LogP contribution in [0, 0.1) is 0 Å². The van der Waals surface area contributed by atoms with Crippen molar-refractivity contribution in [2.45, 2.75) is 14.7 Å². The van der Waals surface area contributed by atoms with Gasteiger partial charge in [-0.3, -0.25) is 5.04 Å². The molecular weight excluding hydrogens is 565 g/mol. The number of aromatic hydroxyl groups is 4. The topological polar surface area (TPSA) is 237 Å². The van der Waals surface area contributed by atoms with Crippen molar-refractivity contribution in [3.05, 3.63) is 42.5 Å². The van der Waals surface area contributed by atoms with E-state index in [1.165, 1.54) is 18.2 Å². The molecule has 174 valence electrons. The Labute approximate surface area is 269 Å². The molecule has 0 aliphatic carbocycles. The maximum Gasteiger partial charge on any atom is 1.00 e. The number of hydrogen-bond acceptors (Lipinski definition) is 14. The van der Waals surface area contributed by atoms with Gasteiger partial charge >= 0.3 is 88.7 Å². The second-order valence-electron chi connectivity index (χ2n) is 5.77. The average molecular weight is 576 g/mol. The predicted octanol–water partition coefficient (Wildman–Crippen LogP) is -8.60. The standard InChI is InChI=1S/C10H8O5S.C6H6O8S2.3Na/c11-9-4-6-1-2-8(16(13,14)15)3-7(6)5-10(9)12;7-4-1-3(15-14-13-9)2-5(6(4)8)16(10,11)12;;;/h1-5,11-12H,(H,13,14,15);1-2,7-9H,(H,10,11,12);;;/q;;3*+1/p-3. The molecule has 0 atom stereocenters. The summed E-state index contributed by atoms with van der Waals surface area (Å²) in [6, 6.07) is 7.78. The quantitative estimate of drug-likeness (QED) is 0.0551. The fourth-order valence-electron chi connectivity index (χ4n) is 2.27. The first-order valence-corrected chi connectivity index (χ1v) is 11.4. The molecule has 0 bridgehead atoms. The van der Waals surface area contributed by atoms with Gasteiger partial charge in [0.25, 0.3) is 0 Å². The van der Waals surface area contributed by atoms with Crippen LogP contribution in [-0.2, 0) is 29.6 Å². The van der Waals surface area contributed by atoms with Gasteiger partial charge in [0, 0.05) is 4.90 Å². The normalized spacial score (nSPS) is 10.7. The van der Waals surface area contributed by atoms with E-state index >= 15 is 0 Å². The van der Waals surface area contributed by atoms with E-state index in [2.05, 4.69) is 9.37 Å². The Balaban J connectivity index is 0. The third-order valence-electron chi connectivity index (χ3n) is 3.65. The Kier molecular flexibility index (Phi) is 16.6. The molecule has 0 spiro atoms. The van der Waals surface area contributed by atoms with Crippen LogP contribution in [0.1, 0.15) is 0 Å². The third kappa shape index (κ3) is 10.8. The molecule has 3 rings (SSSR count). The van der Waals surface area contributed by atoms with Crippen molar-refractivity contribution in [2.75, 3.05) is 0 Å². The molecule has 0 aliphatic rings. The van der Waals surface area contributed by atoms with E-state index in [0.29, 0.717) is 10.8 Å². The van der Waals surface area contributed by atoms with E-state index in [1.54, 1.807) is 0 Å². The van der Waals surface area contributed by atoms with Crippen LogP contribution in [0.2, 0.25) is 0 Å². The molecule has 0 radical (unpaired) electrons. The van der Waals surface area contributed by atoms with Crippen molar-refractivity contribution >= 4 is 43.1 Å². The van der Waals surface area contributed by atoms with E-state index in [1.807, 2.05) is 0 Å². The minimum atomic E-state index is -4.95. The van der Waals surface area contributed by atoms with Crippen LogP contribution in [0.25, 0.3) is 10.8 Å². The van der Waals surface area contributed by atoms with Crippen molar-refractivity contribution in [2.24, 2.45) is 0 Å². The fraction of sp³-hybridized carbons (Fsp3) is 0. The zero-order valence-electron chi connectivity index (χ0n) is 18.2. The molecular formula is C16H11Na3O13S3. The fourth-order valence-corrected chi connectivity index (χ4v) is 3.89. The molecule has 0 aromatic heterocycles. The molecule has 3 aromatic carbocycles. The zero-order valence-corrected chi connectivity index (χ0v) is 26.7. The Morgan fingerprint density at radius 2 is 1.26 bits per heavy atom. The van der Waals surface area contributed by atoms with Crippen LogP contribution in [-0.4, -0.2) is 46.4 Å². The Bertz CT molecular complexity index is 1370. The van der Waals surface area contributed by atoms with Gasteiger partial charge < -0.3 is 34.8 Å². The molecule has 3 aromatic rings. The summed E-state index contributed by atoms with van der Waals surface area (Å²) in [5.41, 5.74) is 0. The van der Waals surface area contributed by atoms with Crippen molar-refractivity contribution in [1.82, 2.24) is 0 Å². The largest absolute Gasteiger partial charge is 1.00 e. The van der Waals surface area contributed by atoms with Crippen molar-refractivity contribution in [3.63, 3.8) is 0 Å². The van der Waals surface area contributed by atoms with Crippen LogP contribution < -0.4 is 93.9 Å². The average Bonchev–Trinajstić information content (AvgIpc) is 2.68. The van der Waals surface area contributed by atoms with E-state index in [9.17, 15) is 41.4 Å². The van der Waals surface area contributed by atoms with Crippen molar-refractivity contribution in [1.29, 1.82) is 0 Å². The Hall–Kier alpha value is 0.170. The van der Waals surface area contributed by atoms with Gasteiger partial charge in [-0.15, -0.1) is 0 Å². The summed E-state index contributed by atoms with van der Waals surface area (Å²) in [4.78, 5) is -1.50. The Morgan fingerprint density at radius 3 is 1.74 bits per heavy atom. The van der Waals surface area contributed by atoms with Gasteiger partial charge in [0.15, 0.2) is 23.0 Å². The molecule has 0 saturated carbocycles. The summed E-state index contributed by atoms with van der Waals surface area (Å²) in [5.74, 6) is -2.57. The predicted molar refractivity (Wildman–Crippen MR) is 101 cm³/mol. The van der Waals surface area contributed by atoms with Crippen molar-refractivity contribution in [3.8, 4) is 23.0 Å². The zero-order chi connectivity index (χ0) is 24.3. The Morgan fingerprint density at radius 1 is 0.714 bits per heavy atom. The van der Waals surface area contributed by atoms with Crippen LogP contribution in [0.15, 0.2) is 57.2 Å². The van der Waals surface area contributed by atoms with Gasteiger partial charge in [-0.2, -0.15) is 4.33 Å². The van der Waals surface area contributed by atoms with Crippen LogP contribution in [0.5, 0.6) is 23.0 Å². The molecule has 0 heterocycles. The van der Waals surface area contributed by atoms with Gasteiger partial charge in [-0.1, -0.05) is 6.07 Å². The minimum Gasteiger partial charge on any atom is -0.744 e. The number of phenolic OH excluding ortho intramolecular Hbond substituents is 4. The molecule has 0 saturated heterocycles. The summed E-state index contributed by atoms with van der Waals surface area (Å²) in [6.07, 6.45) is 0. The first kappa shape index (κ1) is 37.3. The second-order valence-corrected chi connectivity index (χ2v) is 9.27. The first-order valence-electron chi connectivity index (χ1n) is 7.80. The molecule has 0 aliphatic heterocycles. The molecule has 13 nitrogen and oxygen atoms in total. The SMILES string of the molecule is O=S(=O)([O-])c1cc(SOO[O-])cc(O)c1O.O=S(=O)([O-])c1ccc2cc(O)c(O)cc2c1.[Na+].[Na+].[Na+]. The number of benzene rings is 3. The minimum absolute atomic E-state index is 0. The first-order chi connectivity index (χ1) is 14.7. The van der Waals surface area contributed by atoms with E-state index in [-0.39, 0.29) is 122 Å². The summed E-state index contributed by atoms with van der Waals surface area (Å²) in [7, 11) is -9.46. The smallest absolute Gasteiger partial charge is 0.744 e. The summed E-state index contributed by atoms with van der Waals surface area (Å²) >= 11 is 0.264. The molecule has 0 unspecified atom stereocenters. The van der Waals surface area contributed by atoms with Gasteiger partial charge in [0.05, 0.1) is 16.9 Å². The van der Waals surface area contributed by atoms with Crippen LogP contribution in [0.3, 0.4) is 0 Å². The maximum absolute atomic E-state index is 10.8. The number of phenols is 4. The van der Waals surface area contributed by atoms with Crippen molar-refractivity contribution < 1.29 is 150 Å². The molecule has 19 heteroatoms. The number of hydrogen-bond donors (Lipinski definition) is 4. The number of fused-ring (bicyclic) bond motifs is 1. The van der Waals surface area contributed by atoms with Crippen LogP contribution in [0.4, 0.5) is 0 Å². The number of rotatable bonds is 5. The van der Waals surface area contributed by atoms with E-state index < -0.39 is 36.6 Å². The molecule has 35 heavy (non-hydrogen) atoms. The van der Waals surface area contributed by atoms with E-state index in [4.69, 9.17) is 10.2 Å². The monoisotopic (exact) mass is 576 g/mol. The second kappa shape index (κ2) is 15.6. The van der Waals surface area contributed by atoms with Crippen LogP contribution >= 0.6 is 12.0 Å². The van der Waals surface area contributed by atoms with Gasteiger partial charge in [-0.05, 0) is 47.2 Å². The summed E-state index contributed by atoms with van der Waals surface area (Å²) in [6.45, 7) is 0. The third-order valence-corrected chi connectivity index (χ3v) is 5.88. The molecule has 0 amide bonds. The molecule has 0 fully saturated rings.